The quantitative estimate of drug-likeness (QED) is 0.826. The van der Waals surface area contributed by atoms with E-state index in [9.17, 15) is 4.79 Å². The highest BCUT2D eigenvalue weighted by atomic mass is 16.5. The standard InChI is InChI=1S/C14H20O3/c1-14(2,10-17-3)12-7-4-11(5-8-12)6-9-13(15)16/h4-5,7-8H,6,9-10H2,1-3H3,(H,15,16). The van der Waals surface area contributed by atoms with E-state index in [1.807, 2.05) is 12.1 Å². The number of hydrogen-bond acceptors (Lipinski definition) is 2. The molecule has 0 radical (unpaired) electrons. The van der Waals surface area contributed by atoms with Crippen LogP contribution in [0.15, 0.2) is 24.3 Å². The predicted molar refractivity (Wildman–Crippen MR) is 67.3 cm³/mol. The molecule has 0 spiro atoms. The van der Waals surface area contributed by atoms with Crippen LogP contribution in [0.3, 0.4) is 0 Å². The molecule has 1 N–H and O–H groups in total. The molecule has 0 aromatic heterocycles. The molecule has 0 aliphatic rings. The van der Waals surface area contributed by atoms with Crippen LogP contribution in [0.2, 0.25) is 0 Å². The summed E-state index contributed by atoms with van der Waals surface area (Å²) in [5, 5.41) is 8.61. The molecule has 1 aromatic rings. The highest BCUT2D eigenvalue weighted by Gasteiger charge is 2.19. The van der Waals surface area contributed by atoms with Gasteiger partial charge in [-0.15, -0.1) is 0 Å². The maximum Gasteiger partial charge on any atom is 0.303 e. The lowest BCUT2D eigenvalue weighted by molar-refractivity contribution is -0.136. The minimum atomic E-state index is -0.756. The van der Waals surface area contributed by atoms with Crippen molar-refractivity contribution in [2.24, 2.45) is 0 Å². The summed E-state index contributed by atoms with van der Waals surface area (Å²) in [6.07, 6.45) is 0.765. The SMILES string of the molecule is COCC(C)(C)c1ccc(CCC(=O)O)cc1. The molecule has 1 aromatic carbocycles. The Bertz CT molecular complexity index is 366. The molecule has 17 heavy (non-hydrogen) atoms. The topological polar surface area (TPSA) is 46.5 Å². The zero-order valence-electron chi connectivity index (χ0n) is 10.7. The van der Waals surface area contributed by atoms with Crippen LogP contribution in [0.4, 0.5) is 0 Å². The third-order valence-electron chi connectivity index (χ3n) is 2.87. The first-order chi connectivity index (χ1) is 7.95. The van der Waals surface area contributed by atoms with Crippen molar-refractivity contribution < 1.29 is 14.6 Å². The molecule has 3 heteroatoms. The second-order valence-electron chi connectivity index (χ2n) is 4.91. The van der Waals surface area contributed by atoms with Gasteiger partial charge in [0.15, 0.2) is 0 Å². The Labute approximate surface area is 102 Å². The second-order valence-corrected chi connectivity index (χ2v) is 4.91. The van der Waals surface area contributed by atoms with Gasteiger partial charge in [-0.2, -0.15) is 0 Å². The van der Waals surface area contributed by atoms with Crippen molar-refractivity contribution in [3.63, 3.8) is 0 Å². The zero-order valence-corrected chi connectivity index (χ0v) is 10.7. The Balaban J connectivity index is 2.70. The average Bonchev–Trinajstić information content (AvgIpc) is 2.27. The molecule has 0 amide bonds. The molecule has 0 unspecified atom stereocenters. The first-order valence-electron chi connectivity index (χ1n) is 5.76. The number of ether oxygens (including phenoxy) is 1. The van der Waals surface area contributed by atoms with Crippen LogP contribution in [-0.4, -0.2) is 24.8 Å². The highest BCUT2D eigenvalue weighted by molar-refractivity contribution is 5.67. The first kappa shape index (κ1) is 13.7. The Kier molecular flexibility index (Phi) is 4.70. The number of carboxylic acid groups (broad SMARTS) is 1. The molecular formula is C14H20O3. The molecule has 0 saturated heterocycles. The maximum atomic E-state index is 10.5. The number of carboxylic acids is 1. The molecular weight excluding hydrogens is 216 g/mol. The van der Waals surface area contributed by atoms with E-state index in [1.54, 1.807) is 7.11 Å². The summed E-state index contributed by atoms with van der Waals surface area (Å²) in [6.45, 7) is 4.92. The van der Waals surface area contributed by atoms with Crippen LogP contribution in [-0.2, 0) is 21.4 Å². The molecule has 0 atom stereocenters. The summed E-state index contributed by atoms with van der Waals surface area (Å²) in [5.41, 5.74) is 2.25. The third-order valence-corrected chi connectivity index (χ3v) is 2.87. The van der Waals surface area contributed by atoms with Gasteiger partial charge < -0.3 is 9.84 Å². The summed E-state index contributed by atoms with van der Waals surface area (Å²) >= 11 is 0. The summed E-state index contributed by atoms with van der Waals surface area (Å²) in [6, 6.07) is 8.10. The fourth-order valence-electron chi connectivity index (χ4n) is 1.82. The van der Waals surface area contributed by atoms with E-state index >= 15 is 0 Å². The minimum Gasteiger partial charge on any atom is -0.481 e. The fourth-order valence-corrected chi connectivity index (χ4v) is 1.82. The molecule has 0 saturated carbocycles. The van der Waals surface area contributed by atoms with E-state index < -0.39 is 5.97 Å². The lowest BCUT2D eigenvalue weighted by Gasteiger charge is -2.24. The van der Waals surface area contributed by atoms with Crippen molar-refractivity contribution >= 4 is 5.97 Å². The Morgan fingerprint density at radius 2 is 1.88 bits per heavy atom. The lowest BCUT2D eigenvalue weighted by atomic mass is 9.85. The van der Waals surface area contributed by atoms with Crippen molar-refractivity contribution in [3.8, 4) is 0 Å². The van der Waals surface area contributed by atoms with Crippen LogP contribution >= 0.6 is 0 Å². The van der Waals surface area contributed by atoms with Crippen LogP contribution in [0.5, 0.6) is 0 Å². The van der Waals surface area contributed by atoms with E-state index in [2.05, 4.69) is 26.0 Å². The number of hydrogen-bond donors (Lipinski definition) is 1. The van der Waals surface area contributed by atoms with Crippen molar-refractivity contribution in [1.29, 1.82) is 0 Å². The fraction of sp³-hybridized carbons (Fsp3) is 0.500. The number of aliphatic carboxylic acids is 1. The van der Waals surface area contributed by atoms with Crippen LogP contribution in [0.1, 0.15) is 31.4 Å². The van der Waals surface area contributed by atoms with Gasteiger partial charge in [0.1, 0.15) is 0 Å². The maximum absolute atomic E-state index is 10.5. The number of aryl methyl sites for hydroxylation is 1. The molecule has 0 bridgehead atoms. The third kappa shape index (κ3) is 4.19. The smallest absolute Gasteiger partial charge is 0.303 e. The Morgan fingerprint density at radius 1 is 1.29 bits per heavy atom. The predicted octanol–water partition coefficient (Wildman–Crippen LogP) is 2.63. The normalized spacial score (nSPS) is 11.5. The largest absolute Gasteiger partial charge is 0.481 e. The monoisotopic (exact) mass is 236 g/mol. The summed E-state index contributed by atoms with van der Waals surface area (Å²) in [4.78, 5) is 10.5. The molecule has 3 nitrogen and oxygen atoms in total. The highest BCUT2D eigenvalue weighted by Crippen LogP contribution is 2.23. The number of methoxy groups -OCH3 is 1. The molecule has 0 fully saturated rings. The van der Waals surface area contributed by atoms with Crippen molar-refractivity contribution in [3.05, 3.63) is 35.4 Å². The van der Waals surface area contributed by atoms with Gasteiger partial charge in [-0.1, -0.05) is 38.1 Å². The number of rotatable bonds is 6. The lowest BCUT2D eigenvalue weighted by Crippen LogP contribution is -2.23. The van der Waals surface area contributed by atoms with Crippen molar-refractivity contribution in [2.75, 3.05) is 13.7 Å². The van der Waals surface area contributed by atoms with Crippen molar-refractivity contribution in [1.82, 2.24) is 0 Å². The molecule has 1 rings (SSSR count). The summed E-state index contributed by atoms with van der Waals surface area (Å²) < 4.78 is 5.19. The molecule has 0 aliphatic carbocycles. The number of carbonyl (C=O) groups is 1. The molecule has 0 aliphatic heterocycles. The number of benzene rings is 1. The van der Waals surface area contributed by atoms with E-state index in [0.29, 0.717) is 13.0 Å². The van der Waals surface area contributed by atoms with Gasteiger partial charge in [-0.05, 0) is 17.5 Å². The van der Waals surface area contributed by atoms with Gasteiger partial charge in [0, 0.05) is 18.9 Å². The minimum absolute atomic E-state index is 0.0138. The van der Waals surface area contributed by atoms with E-state index in [0.717, 1.165) is 5.56 Å². The summed E-state index contributed by atoms with van der Waals surface area (Å²) in [7, 11) is 1.70. The van der Waals surface area contributed by atoms with Gasteiger partial charge in [0.2, 0.25) is 0 Å². The molecule has 0 heterocycles. The summed E-state index contributed by atoms with van der Waals surface area (Å²) in [5.74, 6) is -0.756. The van der Waals surface area contributed by atoms with Crippen LogP contribution in [0.25, 0.3) is 0 Å². The zero-order chi connectivity index (χ0) is 12.9. The van der Waals surface area contributed by atoms with Crippen molar-refractivity contribution in [2.45, 2.75) is 32.1 Å². The average molecular weight is 236 g/mol. The van der Waals surface area contributed by atoms with E-state index in [4.69, 9.17) is 9.84 Å². The van der Waals surface area contributed by atoms with E-state index in [-0.39, 0.29) is 11.8 Å². The van der Waals surface area contributed by atoms with Gasteiger partial charge in [-0.3, -0.25) is 4.79 Å². The Hall–Kier alpha value is -1.35. The molecule has 94 valence electrons. The van der Waals surface area contributed by atoms with Crippen LogP contribution in [0, 0.1) is 0 Å². The van der Waals surface area contributed by atoms with Gasteiger partial charge in [-0.25, -0.2) is 0 Å². The van der Waals surface area contributed by atoms with Gasteiger partial charge >= 0.3 is 5.97 Å². The van der Waals surface area contributed by atoms with Gasteiger partial charge in [0.25, 0.3) is 0 Å². The van der Waals surface area contributed by atoms with E-state index in [1.165, 1.54) is 5.56 Å². The van der Waals surface area contributed by atoms with Crippen LogP contribution < -0.4 is 0 Å². The Morgan fingerprint density at radius 3 is 2.35 bits per heavy atom. The second kappa shape index (κ2) is 5.82. The van der Waals surface area contributed by atoms with Gasteiger partial charge in [0.05, 0.1) is 6.61 Å². The first-order valence-corrected chi connectivity index (χ1v) is 5.76.